The number of phenols is 1. The molecular weight excluding hydrogens is 508 g/mol. The maximum absolute atomic E-state index is 12.3. The maximum atomic E-state index is 12.3. The summed E-state index contributed by atoms with van der Waals surface area (Å²) >= 11 is 0. The second-order valence-electron chi connectivity index (χ2n) is 10.6. The Hall–Kier alpha value is -3.89. The lowest BCUT2D eigenvalue weighted by atomic mass is 10.00. The minimum absolute atomic E-state index is 0.0273. The van der Waals surface area contributed by atoms with E-state index in [1.165, 1.54) is 6.08 Å². The molecule has 5 rings (SSSR count). The Bertz CT molecular complexity index is 1380. The van der Waals surface area contributed by atoms with Crippen LogP contribution in [0, 0.1) is 0 Å². The number of anilines is 2. The molecule has 2 aromatic carbocycles. The van der Waals surface area contributed by atoms with Crippen LogP contribution in [0.1, 0.15) is 17.7 Å². The third kappa shape index (κ3) is 5.55. The molecule has 0 radical (unpaired) electrons. The minimum atomic E-state index is -0.0927. The van der Waals surface area contributed by atoms with Crippen molar-refractivity contribution in [1.82, 2.24) is 19.8 Å². The summed E-state index contributed by atoms with van der Waals surface area (Å²) in [7, 11) is 3.98. The highest BCUT2D eigenvalue weighted by molar-refractivity contribution is 5.99. The summed E-state index contributed by atoms with van der Waals surface area (Å²) in [6.07, 6.45) is 4.19. The number of aliphatic hydroxyl groups excluding tert-OH is 1. The van der Waals surface area contributed by atoms with Crippen molar-refractivity contribution >= 4 is 28.2 Å². The molecule has 0 saturated carbocycles. The van der Waals surface area contributed by atoms with Gasteiger partial charge in [0.05, 0.1) is 24.0 Å². The second-order valence-corrected chi connectivity index (χ2v) is 10.6. The van der Waals surface area contributed by atoms with Crippen LogP contribution < -0.4 is 14.5 Å². The monoisotopic (exact) mass is 546 g/mol. The van der Waals surface area contributed by atoms with Gasteiger partial charge < -0.3 is 34.5 Å². The molecule has 0 aliphatic carbocycles. The molecule has 212 valence electrons. The molecule has 0 bridgehead atoms. The molecule has 40 heavy (non-hydrogen) atoms. The summed E-state index contributed by atoms with van der Waals surface area (Å²) in [6, 6.07) is 9.74. The largest absolute Gasteiger partial charge is 0.504 e. The first-order chi connectivity index (χ1) is 19.4. The van der Waals surface area contributed by atoms with Gasteiger partial charge in [0.2, 0.25) is 5.91 Å². The topological polar surface area (TPSA) is 106 Å². The van der Waals surface area contributed by atoms with Crippen LogP contribution in [0.3, 0.4) is 0 Å². The standard InChI is InChI=1S/C30H38N6O4/c1-4-27(39)34-12-13-36(22(18-34)10-15-37)30-24-9-11-35(19-25(24)31-20-32-30)28-23-8-6-5-7-21(23)17-26(38)29(28)40-16-14-33(2)3/h4-8,17,20,22,37-38H,1,9-16,18-19H2,2-3H3. The molecule has 1 saturated heterocycles. The van der Waals surface area contributed by atoms with Gasteiger partial charge in [-0.25, -0.2) is 9.97 Å². The average Bonchev–Trinajstić information content (AvgIpc) is 2.96. The van der Waals surface area contributed by atoms with Gasteiger partial charge in [-0.1, -0.05) is 30.8 Å². The van der Waals surface area contributed by atoms with Gasteiger partial charge in [0.15, 0.2) is 11.5 Å². The molecule has 1 atom stereocenters. The highest BCUT2D eigenvalue weighted by Crippen LogP contribution is 2.45. The minimum Gasteiger partial charge on any atom is -0.504 e. The lowest BCUT2D eigenvalue weighted by molar-refractivity contribution is -0.126. The number of hydrogen-bond donors (Lipinski definition) is 2. The molecule has 2 N–H and O–H groups in total. The predicted octanol–water partition coefficient (Wildman–Crippen LogP) is 2.42. The summed E-state index contributed by atoms with van der Waals surface area (Å²) in [6.45, 7) is 7.78. The van der Waals surface area contributed by atoms with E-state index in [1.807, 2.05) is 37.2 Å². The molecule has 1 fully saturated rings. The number of carbonyl (C=O) groups excluding carboxylic acids is 1. The first kappa shape index (κ1) is 27.7. The van der Waals surface area contributed by atoms with Crippen molar-refractivity contribution in [2.75, 3.05) is 69.8 Å². The summed E-state index contributed by atoms with van der Waals surface area (Å²) in [5.74, 6) is 1.40. The number of likely N-dealkylation sites (N-methyl/N-ethyl adjacent to an activating group) is 1. The van der Waals surface area contributed by atoms with E-state index in [0.717, 1.165) is 40.1 Å². The molecule has 1 aromatic heterocycles. The summed E-state index contributed by atoms with van der Waals surface area (Å²) in [5.41, 5.74) is 2.88. The van der Waals surface area contributed by atoms with E-state index < -0.39 is 0 Å². The number of carbonyl (C=O) groups is 1. The molecule has 1 amide bonds. The van der Waals surface area contributed by atoms with Crippen molar-refractivity contribution in [1.29, 1.82) is 0 Å². The van der Waals surface area contributed by atoms with Crippen LogP contribution in [0.5, 0.6) is 11.5 Å². The number of phenolic OH excluding ortho intramolecular Hbond substituents is 1. The summed E-state index contributed by atoms with van der Waals surface area (Å²) in [4.78, 5) is 29.9. The predicted molar refractivity (Wildman–Crippen MR) is 156 cm³/mol. The van der Waals surface area contributed by atoms with Gasteiger partial charge >= 0.3 is 0 Å². The number of ether oxygens (including phenoxy) is 1. The molecule has 10 nitrogen and oxygen atoms in total. The van der Waals surface area contributed by atoms with E-state index in [-0.39, 0.29) is 24.3 Å². The Morgan fingerprint density at radius 3 is 2.83 bits per heavy atom. The van der Waals surface area contributed by atoms with Gasteiger partial charge in [0, 0.05) is 50.3 Å². The lowest BCUT2D eigenvalue weighted by Crippen LogP contribution is -2.55. The number of amides is 1. The number of aliphatic hydroxyl groups is 1. The average molecular weight is 547 g/mol. The van der Waals surface area contributed by atoms with Crippen LogP contribution >= 0.6 is 0 Å². The van der Waals surface area contributed by atoms with Gasteiger partial charge in [0.25, 0.3) is 0 Å². The Balaban J connectivity index is 1.47. The van der Waals surface area contributed by atoms with Crippen molar-refractivity contribution in [3.63, 3.8) is 0 Å². The van der Waals surface area contributed by atoms with Crippen LogP contribution in [0.4, 0.5) is 11.5 Å². The van der Waals surface area contributed by atoms with Crippen molar-refractivity contribution < 1.29 is 19.7 Å². The molecule has 10 heteroatoms. The van der Waals surface area contributed by atoms with Crippen molar-refractivity contribution in [3.05, 3.63) is 60.6 Å². The fourth-order valence-corrected chi connectivity index (χ4v) is 5.72. The van der Waals surface area contributed by atoms with E-state index in [2.05, 4.69) is 27.4 Å². The van der Waals surface area contributed by atoms with Gasteiger partial charge in [-0.15, -0.1) is 0 Å². The molecule has 0 spiro atoms. The second kappa shape index (κ2) is 12.1. The lowest BCUT2D eigenvalue weighted by Gasteiger charge is -2.43. The van der Waals surface area contributed by atoms with Crippen LogP contribution in [0.2, 0.25) is 0 Å². The quantitative estimate of drug-likeness (QED) is 0.392. The maximum Gasteiger partial charge on any atom is 0.246 e. The summed E-state index contributed by atoms with van der Waals surface area (Å²) < 4.78 is 6.19. The van der Waals surface area contributed by atoms with E-state index in [0.29, 0.717) is 57.9 Å². The molecule has 2 aliphatic rings. The fourth-order valence-electron chi connectivity index (χ4n) is 5.72. The van der Waals surface area contributed by atoms with Crippen LogP contribution in [0.25, 0.3) is 10.8 Å². The molecule has 2 aliphatic heterocycles. The third-order valence-corrected chi connectivity index (χ3v) is 7.74. The van der Waals surface area contributed by atoms with E-state index in [1.54, 1.807) is 17.3 Å². The van der Waals surface area contributed by atoms with Gasteiger partial charge in [-0.05, 0) is 44.5 Å². The van der Waals surface area contributed by atoms with Crippen LogP contribution in [-0.4, -0.2) is 102 Å². The SMILES string of the molecule is C=CC(=O)N1CCN(c2ncnc3c2CCN(c2c(OCCN(C)C)c(O)cc4ccccc24)C3)C(CCO)C1. The van der Waals surface area contributed by atoms with Gasteiger partial charge in [-0.2, -0.15) is 0 Å². The smallest absolute Gasteiger partial charge is 0.246 e. The fraction of sp³-hybridized carbons (Fsp3) is 0.433. The number of fused-ring (bicyclic) bond motifs is 2. The van der Waals surface area contributed by atoms with E-state index in [4.69, 9.17) is 9.72 Å². The highest BCUT2D eigenvalue weighted by Gasteiger charge is 2.33. The highest BCUT2D eigenvalue weighted by atomic mass is 16.5. The molecule has 3 aromatic rings. The first-order valence-electron chi connectivity index (χ1n) is 13.8. The zero-order chi connectivity index (χ0) is 28.2. The number of aromatic nitrogens is 2. The number of rotatable bonds is 9. The van der Waals surface area contributed by atoms with E-state index >= 15 is 0 Å². The molecule has 3 heterocycles. The van der Waals surface area contributed by atoms with Gasteiger partial charge in [-0.3, -0.25) is 4.79 Å². The molecule has 1 unspecified atom stereocenters. The van der Waals surface area contributed by atoms with Crippen molar-refractivity contribution in [2.24, 2.45) is 0 Å². The Morgan fingerprint density at radius 1 is 1.23 bits per heavy atom. The van der Waals surface area contributed by atoms with Gasteiger partial charge in [0.1, 0.15) is 18.8 Å². The third-order valence-electron chi connectivity index (χ3n) is 7.74. The van der Waals surface area contributed by atoms with E-state index in [9.17, 15) is 15.0 Å². The number of aromatic hydroxyl groups is 1. The summed E-state index contributed by atoms with van der Waals surface area (Å²) in [5, 5.41) is 22.7. The first-order valence-corrected chi connectivity index (χ1v) is 13.8. The number of piperazine rings is 1. The zero-order valence-electron chi connectivity index (χ0n) is 23.3. The van der Waals surface area contributed by atoms with Crippen molar-refractivity contribution in [3.8, 4) is 11.5 Å². The number of hydrogen-bond acceptors (Lipinski definition) is 9. The zero-order valence-corrected chi connectivity index (χ0v) is 23.3. The van der Waals surface area contributed by atoms with Crippen molar-refractivity contribution in [2.45, 2.75) is 25.4 Å². The van der Waals surface area contributed by atoms with Crippen LogP contribution in [0.15, 0.2) is 49.3 Å². The Kier molecular flexibility index (Phi) is 8.37. The molecular formula is C30H38N6O4. The number of nitrogens with zero attached hydrogens (tertiary/aromatic N) is 6. The van der Waals surface area contributed by atoms with Crippen LogP contribution in [-0.2, 0) is 17.8 Å². The normalized spacial score (nSPS) is 17.3. The Labute approximate surface area is 235 Å². The number of benzene rings is 2. The Morgan fingerprint density at radius 2 is 2.05 bits per heavy atom.